The van der Waals surface area contributed by atoms with E-state index in [1.54, 1.807) is 29.2 Å². The average Bonchev–Trinajstić information content (AvgIpc) is 2.53. The third kappa shape index (κ3) is 4.15. The van der Waals surface area contributed by atoms with Crippen LogP contribution in [0, 0.1) is 0 Å². The molecule has 0 aromatic heterocycles. The van der Waals surface area contributed by atoms with Crippen molar-refractivity contribution >= 4 is 17.5 Å². The van der Waals surface area contributed by atoms with Crippen LogP contribution in [0.3, 0.4) is 0 Å². The number of benzene rings is 1. The normalized spacial score (nSPS) is 14.9. The van der Waals surface area contributed by atoms with Gasteiger partial charge in [0.1, 0.15) is 11.5 Å². The summed E-state index contributed by atoms with van der Waals surface area (Å²) in [6.07, 6.45) is 1.32. The van der Waals surface area contributed by atoms with Crippen LogP contribution in [-0.4, -0.2) is 42.1 Å². The van der Waals surface area contributed by atoms with E-state index < -0.39 is 0 Å². The average molecular weight is 289 g/mol. The Morgan fingerprint density at radius 3 is 2.33 bits per heavy atom. The molecule has 0 saturated carbocycles. The summed E-state index contributed by atoms with van der Waals surface area (Å²) >= 11 is 0. The van der Waals surface area contributed by atoms with Crippen molar-refractivity contribution in [2.24, 2.45) is 0 Å². The second-order valence-electron chi connectivity index (χ2n) is 5.01. The molecule has 1 aliphatic rings. The molecule has 0 bridgehead atoms. The molecule has 5 heteroatoms. The van der Waals surface area contributed by atoms with E-state index in [0.29, 0.717) is 43.7 Å². The Hall–Kier alpha value is -2.17. The number of rotatable bonds is 5. The lowest BCUT2D eigenvalue weighted by molar-refractivity contribution is -0.136. The van der Waals surface area contributed by atoms with Crippen LogP contribution in [0.5, 0.6) is 5.75 Å². The Bertz CT molecular complexity index is 526. The van der Waals surface area contributed by atoms with Crippen molar-refractivity contribution < 1.29 is 19.1 Å². The molecule has 1 saturated heterocycles. The van der Waals surface area contributed by atoms with Crippen LogP contribution in [0.2, 0.25) is 0 Å². The second kappa shape index (κ2) is 7.02. The van der Waals surface area contributed by atoms with Crippen LogP contribution in [0.15, 0.2) is 24.3 Å². The van der Waals surface area contributed by atoms with E-state index in [-0.39, 0.29) is 24.1 Å². The Morgan fingerprint density at radius 1 is 1.14 bits per heavy atom. The standard InChI is InChI=1S/C16H19NO4/c1-2-15(19)12-3-5-14(6-4-12)21-11-16(20)17-9-7-13(18)8-10-17/h3-6H,2,7-11H2,1H3. The number of nitrogens with zero attached hydrogens (tertiary/aromatic N) is 1. The van der Waals surface area contributed by atoms with Gasteiger partial charge in [-0.15, -0.1) is 0 Å². The molecule has 1 heterocycles. The number of hydrogen-bond donors (Lipinski definition) is 0. The summed E-state index contributed by atoms with van der Waals surface area (Å²) in [5, 5.41) is 0. The Kier molecular flexibility index (Phi) is 5.09. The van der Waals surface area contributed by atoms with Crippen LogP contribution < -0.4 is 4.74 Å². The zero-order valence-corrected chi connectivity index (χ0v) is 12.1. The highest BCUT2D eigenvalue weighted by Gasteiger charge is 2.20. The molecule has 0 aliphatic carbocycles. The van der Waals surface area contributed by atoms with Gasteiger partial charge in [0.15, 0.2) is 12.4 Å². The van der Waals surface area contributed by atoms with Crippen molar-refractivity contribution in [2.75, 3.05) is 19.7 Å². The molecule has 0 spiro atoms. The van der Waals surface area contributed by atoms with Crippen LogP contribution in [0.4, 0.5) is 0 Å². The van der Waals surface area contributed by atoms with Gasteiger partial charge in [-0.2, -0.15) is 0 Å². The van der Waals surface area contributed by atoms with E-state index in [1.807, 2.05) is 6.92 Å². The van der Waals surface area contributed by atoms with E-state index in [0.717, 1.165) is 0 Å². The number of ketones is 2. The first-order chi connectivity index (χ1) is 10.1. The maximum Gasteiger partial charge on any atom is 0.260 e. The highest BCUT2D eigenvalue weighted by atomic mass is 16.5. The van der Waals surface area contributed by atoms with Gasteiger partial charge in [0.25, 0.3) is 5.91 Å². The van der Waals surface area contributed by atoms with E-state index in [2.05, 4.69) is 0 Å². The summed E-state index contributed by atoms with van der Waals surface area (Å²) < 4.78 is 5.43. The number of carbonyl (C=O) groups excluding carboxylic acids is 3. The molecule has 21 heavy (non-hydrogen) atoms. The number of piperidine rings is 1. The summed E-state index contributed by atoms with van der Waals surface area (Å²) in [6, 6.07) is 6.78. The Balaban J connectivity index is 1.83. The molecule has 1 aromatic carbocycles. The maximum atomic E-state index is 11.9. The van der Waals surface area contributed by atoms with Gasteiger partial charge in [-0.05, 0) is 24.3 Å². The van der Waals surface area contributed by atoms with Crippen LogP contribution in [-0.2, 0) is 9.59 Å². The molecule has 1 aromatic rings. The molecule has 1 aliphatic heterocycles. The molecule has 1 amide bonds. The molecule has 5 nitrogen and oxygen atoms in total. The van der Waals surface area contributed by atoms with Gasteiger partial charge >= 0.3 is 0 Å². The fourth-order valence-corrected chi connectivity index (χ4v) is 2.18. The Morgan fingerprint density at radius 2 is 1.76 bits per heavy atom. The predicted octanol–water partition coefficient (Wildman–Crippen LogP) is 1.85. The number of likely N-dealkylation sites (tertiary alicyclic amines) is 1. The maximum absolute atomic E-state index is 11.9. The molecule has 1 fully saturated rings. The fourth-order valence-electron chi connectivity index (χ4n) is 2.18. The predicted molar refractivity (Wildman–Crippen MR) is 77.4 cm³/mol. The molecule has 0 unspecified atom stereocenters. The topological polar surface area (TPSA) is 63.7 Å². The summed E-state index contributed by atoms with van der Waals surface area (Å²) in [7, 11) is 0. The van der Waals surface area contributed by atoms with Crippen LogP contribution >= 0.6 is 0 Å². The minimum atomic E-state index is -0.115. The van der Waals surface area contributed by atoms with Crippen LogP contribution in [0.1, 0.15) is 36.5 Å². The second-order valence-corrected chi connectivity index (χ2v) is 5.01. The molecule has 0 atom stereocenters. The summed E-state index contributed by atoms with van der Waals surface area (Å²) in [5.74, 6) is 0.729. The summed E-state index contributed by atoms with van der Waals surface area (Å²) in [6.45, 7) is 2.72. The van der Waals surface area contributed by atoms with Crippen molar-refractivity contribution in [3.8, 4) is 5.75 Å². The highest BCUT2D eigenvalue weighted by Crippen LogP contribution is 2.14. The van der Waals surface area contributed by atoms with Gasteiger partial charge in [-0.1, -0.05) is 6.92 Å². The minimum absolute atomic E-state index is 0.0464. The first kappa shape index (κ1) is 15.2. The number of ether oxygens (including phenoxy) is 1. The molecule has 0 N–H and O–H groups in total. The zero-order valence-electron chi connectivity index (χ0n) is 12.1. The number of amides is 1. The third-order valence-electron chi connectivity index (χ3n) is 3.53. The van der Waals surface area contributed by atoms with E-state index in [1.165, 1.54) is 0 Å². The van der Waals surface area contributed by atoms with E-state index >= 15 is 0 Å². The molecule has 112 valence electrons. The minimum Gasteiger partial charge on any atom is -0.484 e. The summed E-state index contributed by atoms with van der Waals surface area (Å²) in [5.41, 5.74) is 0.644. The van der Waals surface area contributed by atoms with E-state index in [4.69, 9.17) is 4.74 Å². The summed E-state index contributed by atoms with van der Waals surface area (Å²) in [4.78, 5) is 36.2. The van der Waals surface area contributed by atoms with Gasteiger partial charge in [-0.3, -0.25) is 14.4 Å². The van der Waals surface area contributed by atoms with E-state index in [9.17, 15) is 14.4 Å². The van der Waals surface area contributed by atoms with Gasteiger partial charge in [0, 0.05) is 37.9 Å². The quantitative estimate of drug-likeness (QED) is 0.776. The lowest BCUT2D eigenvalue weighted by atomic mass is 10.1. The van der Waals surface area contributed by atoms with Gasteiger partial charge in [-0.25, -0.2) is 0 Å². The van der Waals surface area contributed by atoms with Crippen molar-refractivity contribution in [2.45, 2.75) is 26.2 Å². The number of hydrogen-bond acceptors (Lipinski definition) is 4. The number of carbonyl (C=O) groups is 3. The zero-order chi connectivity index (χ0) is 15.2. The monoisotopic (exact) mass is 289 g/mol. The smallest absolute Gasteiger partial charge is 0.260 e. The SMILES string of the molecule is CCC(=O)c1ccc(OCC(=O)N2CCC(=O)CC2)cc1. The number of Topliss-reactive ketones (excluding diaryl/α,β-unsaturated/α-hetero) is 2. The molecular weight excluding hydrogens is 270 g/mol. The fraction of sp³-hybridized carbons (Fsp3) is 0.438. The van der Waals surface area contributed by atoms with Gasteiger partial charge < -0.3 is 9.64 Å². The molecule has 2 rings (SSSR count). The lowest BCUT2D eigenvalue weighted by Crippen LogP contribution is -2.41. The molecular formula is C16H19NO4. The first-order valence-corrected chi connectivity index (χ1v) is 7.15. The van der Waals surface area contributed by atoms with Crippen molar-refractivity contribution in [1.29, 1.82) is 0 Å². The lowest BCUT2D eigenvalue weighted by Gasteiger charge is -2.25. The van der Waals surface area contributed by atoms with Gasteiger partial charge in [0.05, 0.1) is 0 Å². The van der Waals surface area contributed by atoms with Crippen molar-refractivity contribution in [1.82, 2.24) is 4.90 Å². The van der Waals surface area contributed by atoms with Crippen LogP contribution in [0.25, 0.3) is 0 Å². The first-order valence-electron chi connectivity index (χ1n) is 7.15. The molecule has 0 radical (unpaired) electrons. The van der Waals surface area contributed by atoms with Crippen molar-refractivity contribution in [3.63, 3.8) is 0 Å². The third-order valence-corrected chi connectivity index (χ3v) is 3.53. The highest BCUT2D eigenvalue weighted by molar-refractivity contribution is 5.95. The van der Waals surface area contributed by atoms with Gasteiger partial charge in [0.2, 0.25) is 0 Å². The Labute approximate surface area is 123 Å². The van der Waals surface area contributed by atoms with Crippen molar-refractivity contribution in [3.05, 3.63) is 29.8 Å². The largest absolute Gasteiger partial charge is 0.484 e.